The molecule has 0 spiro atoms. The van der Waals surface area contributed by atoms with E-state index in [2.05, 4.69) is 12.1 Å². The summed E-state index contributed by atoms with van der Waals surface area (Å²) >= 11 is 6.02. The summed E-state index contributed by atoms with van der Waals surface area (Å²) in [6.45, 7) is 7.34. The van der Waals surface area contributed by atoms with Crippen LogP contribution < -0.4 is 0 Å². The molecule has 1 amide bonds. The Bertz CT molecular complexity index is 564. The lowest BCUT2D eigenvalue weighted by molar-refractivity contribution is 0.0168. The second-order valence-corrected chi connectivity index (χ2v) is 8.34. The number of rotatable bonds is 2. The molecule has 0 bridgehead atoms. The zero-order valence-electron chi connectivity index (χ0n) is 14.3. The smallest absolute Gasteiger partial charge is 0.410 e. The molecule has 4 heteroatoms. The molecule has 23 heavy (non-hydrogen) atoms. The van der Waals surface area contributed by atoms with Gasteiger partial charge in [0.2, 0.25) is 0 Å². The number of carbonyl (C=O) groups is 1. The summed E-state index contributed by atoms with van der Waals surface area (Å²) in [5.41, 5.74) is 1.32. The van der Waals surface area contributed by atoms with Gasteiger partial charge in [0.1, 0.15) is 5.60 Å². The number of nitrogens with zero attached hydrogens (tertiary/aromatic N) is 1. The number of hydrogen-bond acceptors (Lipinski definition) is 2. The molecule has 1 saturated carbocycles. The highest BCUT2D eigenvalue weighted by atomic mass is 35.5. The van der Waals surface area contributed by atoms with E-state index >= 15 is 0 Å². The van der Waals surface area contributed by atoms with Gasteiger partial charge in [-0.3, -0.25) is 0 Å². The standard InChI is InChI=1S/C19H26ClNO2/c1-18(2,3)23-17(22)21-12-8-15(9-13-21)19(10-11-19)14-4-6-16(20)7-5-14/h4-7,15H,8-13H2,1-3H3. The lowest BCUT2D eigenvalue weighted by atomic mass is 9.77. The third kappa shape index (κ3) is 3.65. The highest BCUT2D eigenvalue weighted by Crippen LogP contribution is 2.56. The average Bonchev–Trinajstić information content (AvgIpc) is 3.28. The van der Waals surface area contributed by atoms with Crippen molar-refractivity contribution in [1.29, 1.82) is 0 Å². The molecule has 0 N–H and O–H groups in total. The molecule has 1 aromatic carbocycles. The Balaban J connectivity index is 1.61. The Morgan fingerprint density at radius 2 is 1.74 bits per heavy atom. The van der Waals surface area contributed by atoms with Gasteiger partial charge in [0.25, 0.3) is 0 Å². The molecular weight excluding hydrogens is 310 g/mol. The molecule has 0 aromatic heterocycles. The SMILES string of the molecule is CC(C)(C)OC(=O)N1CCC(C2(c3ccc(Cl)cc3)CC2)CC1. The fourth-order valence-electron chi connectivity index (χ4n) is 3.79. The highest BCUT2D eigenvalue weighted by molar-refractivity contribution is 6.30. The van der Waals surface area contributed by atoms with Crippen molar-refractivity contribution in [2.45, 2.75) is 57.5 Å². The molecular formula is C19H26ClNO2. The number of likely N-dealkylation sites (tertiary alicyclic amines) is 1. The van der Waals surface area contributed by atoms with Gasteiger partial charge < -0.3 is 9.64 Å². The van der Waals surface area contributed by atoms with Gasteiger partial charge in [-0.2, -0.15) is 0 Å². The maximum atomic E-state index is 12.2. The number of halogens is 1. The second kappa shape index (κ2) is 6.01. The summed E-state index contributed by atoms with van der Waals surface area (Å²) in [6, 6.07) is 8.34. The quantitative estimate of drug-likeness (QED) is 0.759. The van der Waals surface area contributed by atoms with Gasteiger partial charge in [0, 0.05) is 18.1 Å². The van der Waals surface area contributed by atoms with Crippen LogP contribution in [-0.2, 0) is 10.2 Å². The van der Waals surface area contributed by atoms with Crippen LogP contribution in [0.5, 0.6) is 0 Å². The minimum atomic E-state index is -0.422. The van der Waals surface area contributed by atoms with E-state index < -0.39 is 5.60 Å². The number of hydrogen-bond donors (Lipinski definition) is 0. The normalized spacial score (nSPS) is 21.1. The number of piperidine rings is 1. The Morgan fingerprint density at radius 1 is 1.17 bits per heavy atom. The van der Waals surface area contributed by atoms with Crippen molar-refractivity contribution in [3.05, 3.63) is 34.9 Å². The first-order valence-electron chi connectivity index (χ1n) is 8.54. The Hall–Kier alpha value is -1.22. The molecule has 3 rings (SSSR count). The van der Waals surface area contributed by atoms with E-state index in [4.69, 9.17) is 16.3 Å². The summed E-state index contributed by atoms with van der Waals surface area (Å²) in [7, 11) is 0. The van der Waals surface area contributed by atoms with Gasteiger partial charge in [-0.05, 0) is 75.5 Å². The van der Waals surface area contributed by atoms with Crippen LogP contribution in [0.4, 0.5) is 4.79 Å². The number of carbonyl (C=O) groups excluding carboxylic acids is 1. The molecule has 2 aliphatic rings. The lowest BCUT2D eigenvalue weighted by Gasteiger charge is -2.37. The van der Waals surface area contributed by atoms with Crippen molar-refractivity contribution in [2.75, 3.05) is 13.1 Å². The molecule has 2 fully saturated rings. The molecule has 1 aromatic rings. The first-order valence-corrected chi connectivity index (χ1v) is 8.92. The van der Waals surface area contributed by atoms with Crippen LogP contribution in [0.1, 0.15) is 52.0 Å². The third-order valence-corrected chi connectivity index (χ3v) is 5.39. The maximum Gasteiger partial charge on any atom is 0.410 e. The molecule has 1 heterocycles. The number of amides is 1. The first kappa shape index (κ1) is 16.6. The maximum absolute atomic E-state index is 12.2. The van der Waals surface area contributed by atoms with Gasteiger partial charge in [0.15, 0.2) is 0 Å². The number of ether oxygens (including phenoxy) is 1. The van der Waals surface area contributed by atoms with Gasteiger partial charge in [-0.15, -0.1) is 0 Å². The lowest BCUT2D eigenvalue weighted by Crippen LogP contribution is -2.43. The molecule has 0 unspecified atom stereocenters. The third-order valence-electron chi connectivity index (χ3n) is 5.14. The van der Waals surface area contributed by atoms with Crippen LogP contribution in [0.25, 0.3) is 0 Å². The Labute approximate surface area is 144 Å². The zero-order chi connectivity index (χ0) is 16.7. The topological polar surface area (TPSA) is 29.5 Å². The summed E-state index contributed by atoms with van der Waals surface area (Å²) in [5, 5.41) is 0.796. The molecule has 3 nitrogen and oxygen atoms in total. The predicted octanol–water partition coefficient (Wildman–Crippen LogP) is 5.02. The molecule has 0 radical (unpaired) electrons. The zero-order valence-corrected chi connectivity index (χ0v) is 15.0. The van der Waals surface area contributed by atoms with Crippen molar-refractivity contribution in [3.8, 4) is 0 Å². The summed E-state index contributed by atoms with van der Waals surface area (Å²) in [4.78, 5) is 14.0. The van der Waals surface area contributed by atoms with E-state index in [9.17, 15) is 4.79 Å². The van der Waals surface area contributed by atoms with Crippen molar-refractivity contribution < 1.29 is 9.53 Å². The summed E-state index contributed by atoms with van der Waals surface area (Å²) in [6.07, 6.45) is 4.45. The van der Waals surface area contributed by atoms with E-state index in [1.807, 2.05) is 37.8 Å². The van der Waals surface area contributed by atoms with Gasteiger partial charge in [-0.25, -0.2) is 4.79 Å². The largest absolute Gasteiger partial charge is 0.444 e. The van der Waals surface area contributed by atoms with Crippen molar-refractivity contribution >= 4 is 17.7 Å². The summed E-state index contributed by atoms with van der Waals surface area (Å²) in [5.74, 6) is 0.655. The van der Waals surface area contributed by atoms with Crippen molar-refractivity contribution in [2.24, 2.45) is 5.92 Å². The van der Waals surface area contributed by atoms with Crippen LogP contribution in [-0.4, -0.2) is 29.7 Å². The van der Waals surface area contributed by atoms with Gasteiger partial charge >= 0.3 is 6.09 Å². The molecule has 1 aliphatic heterocycles. The molecule has 126 valence electrons. The minimum absolute atomic E-state index is 0.174. The molecule has 0 atom stereocenters. The van der Waals surface area contributed by atoms with Gasteiger partial charge in [0.05, 0.1) is 0 Å². The first-order chi connectivity index (χ1) is 10.8. The minimum Gasteiger partial charge on any atom is -0.444 e. The fraction of sp³-hybridized carbons (Fsp3) is 0.632. The Morgan fingerprint density at radius 3 is 2.22 bits per heavy atom. The highest BCUT2D eigenvalue weighted by Gasteiger charge is 2.51. The molecule has 1 saturated heterocycles. The monoisotopic (exact) mass is 335 g/mol. The van der Waals surface area contributed by atoms with E-state index in [0.717, 1.165) is 31.0 Å². The van der Waals surface area contributed by atoms with Crippen molar-refractivity contribution in [1.82, 2.24) is 4.90 Å². The van der Waals surface area contributed by atoms with Crippen LogP contribution >= 0.6 is 11.6 Å². The van der Waals surface area contributed by atoms with E-state index in [0.29, 0.717) is 11.3 Å². The van der Waals surface area contributed by atoms with E-state index in [1.54, 1.807) is 0 Å². The molecule has 1 aliphatic carbocycles. The van der Waals surface area contributed by atoms with Crippen LogP contribution in [0, 0.1) is 5.92 Å². The number of benzene rings is 1. The van der Waals surface area contributed by atoms with E-state index in [-0.39, 0.29) is 6.09 Å². The van der Waals surface area contributed by atoms with Crippen molar-refractivity contribution in [3.63, 3.8) is 0 Å². The predicted molar refractivity (Wildman–Crippen MR) is 92.9 cm³/mol. The Kier molecular flexibility index (Phi) is 4.35. The van der Waals surface area contributed by atoms with Crippen LogP contribution in [0.15, 0.2) is 24.3 Å². The van der Waals surface area contributed by atoms with Crippen LogP contribution in [0.3, 0.4) is 0 Å². The second-order valence-electron chi connectivity index (χ2n) is 7.90. The van der Waals surface area contributed by atoms with Gasteiger partial charge in [-0.1, -0.05) is 23.7 Å². The summed E-state index contributed by atoms with van der Waals surface area (Å²) < 4.78 is 5.48. The van der Waals surface area contributed by atoms with Crippen LogP contribution in [0.2, 0.25) is 5.02 Å². The average molecular weight is 336 g/mol. The van der Waals surface area contributed by atoms with E-state index in [1.165, 1.54) is 18.4 Å². The fourth-order valence-corrected chi connectivity index (χ4v) is 3.92.